The van der Waals surface area contributed by atoms with Gasteiger partial charge >= 0.3 is 5.97 Å². The molecule has 1 saturated heterocycles. The fraction of sp³-hybridized carbons (Fsp3) is 0.889. The van der Waals surface area contributed by atoms with Crippen molar-refractivity contribution < 1.29 is 22.1 Å². The Hall–Kier alpha value is -0.620. The Morgan fingerprint density at radius 1 is 1.47 bits per heavy atom. The second-order valence-corrected chi connectivity index (χ2v) is 5.44. The van der Waals surface area contributed by atoms with Gasteiger partial charge in [0.15, 0.2) is 0 Å². The topological polar surface area (TPSA) is 69.7 Å². The van der Waals surface area contributed by atoms with E-state index >= 15 is 0 Å². The van der Waals surface area contributed by atoms with Crippen molar-refractivity contribution in [2.75, 3.05) is 13.7 Å². The summed E-state index contributed by atoms with van der Waals surface area (Å²) in [6.07, 6.45) is 2.87. The van der Waals surface area contributed by atoms with Gasteiger partial charge in [0.2, 0.25) is 0 Å². The predicted molar refractivity (Wildman–Crippen MR) is 53.8 cm³/mol. The van der Waals surface area contributed by atoms with Crippen LogP contribution in [0.4, 0.5) is 0 Å². The Balaban J connectivity index is 2.18. The first-order valence-corrected chi connectivity index (χ1v) is 6.48. The van der Waals surface area contributed by atoms with Gasteiger partial charge in [-0.05, 0) is 19.3 Å². The largest absolute Gasteiger partial charge is 0.469 e. The van der Waals surface area contributed by atoms with Crippen LogP contribution in [0.25, 0.3) is 0 Å². The SMILES string of the molecule is COC(=O)CCCCC1CCOS1(=O)=O. The van der Waals surface area contributed by atoms with E-state index < -0.39 is 10.1 Å². The second-order valence-electron chi connectivity index (χ2n) is 3.55. The van der Waals surface area contributed by atoms with Gasteiger partial charge in [0, 0.05) is 6.42 Å². The van der Waals surface area contributed by atoms with Crippen LogP contribution >= 0.6 is 0 Å². The van der Waals surface area contributed by atoms with Gasteiger partial charge in [-0.3, -0.25) is 8.98 Å². The molecular weight excluding hydrogens is 220 g/mol. The van der Waals surface area contributed by atoms with Crippen LogP contribution in [-0.2, 0) is 23.8 Å². The molecule has 0 amide bonds. The molecule has 1 aliphatic rings. The van der Waals surface area contributed by atoms with Gasteiger partial charge in [-0.2, -0.15) is 8.42 Å². The van der Waals surface area contributed by atoms with E-state index in [1.165, 1.54) is 7.11 Å². The highest BCUT2D eigenvalue weighted by Gasteiger charge is 2.31. The number of carbonyl (C=O) groups excluding carboxylic acids is 1. The summed E-state index contributed by atoms with van der Waals surface area (Å²) in [5.41, 5.74) is 0. The number of hydrogen-bond donors (Lipinski definition) is 0. The van der Waals surface area contributed by atoms with Crippen LogP contribution in [0.1, 0.15) is 32.1 Å². The Kier molecular flexibility index (Phi) is 4.53. The van der Waals surface area contributed by atoms with Crippen LogP contribution in [0.5, 0.6) is 0 Å². The Bertz CT molecular complexity index is 308. The van der Waals surface area contributed by atoms with Crippen LogP contribution in [0, 0.1) is 0 Å². The smallest absolute Gasteiger partial charge is 0.305 e. The maximum absolute atomic E-state index is 11.2. The zero-order chi connectivity index (χ0) is 11.3. The minimum atomic E-state index is -3.31. The first-order chi connectivity index (χ1) is 7.06. The monoisotopic (exact) mass is 236 g/mol. The Labute approximate surface area is 89.9 Å². The van der Waals surface area contributed by atoms with E-state index in [-0.39, 0.29) is 11.2 Å². The summed E-state index contributed by atoms with van der Waals surface area (Å²) >= 11 is 0. The van der Waals surface area contributed by atoms with Crippen molar-refractivity contribution in [3.05, 3.63) is 0 Å². The maximum atomic E-state index is 11.2. The zero-order valence-electron chi connectivity index (χ0n) is 8.77. The third kappa shape index (κ3) is 3.79. The average Bonchev–Trinajstić information content (AvgIpc) is 2.52. The van der Waals surface area contributed by atoms with E-state index in [2.05, 4.69) is 8.92 Å². The lowest BCUT2D eigenvalue weighted by Crippen LogP contribution is -2.14. The molecule has 15 heavy (non-hydrogen) atoms. The summed E-state index contributed by atoms with van der Waals surface area (Å²) < 4.78 is 31.6. The molecule has 0 spiro atoms. The normalized spacial score (nSPS) is 23.9. The van der Waals surface area contributed by atoms with E-state index in [1.54, 1.807) is 0 Å². The lowest BCUT2D eigenvalue weighted by atomic mass is 10.1. The van der Waals surface area contributed by atoms with Gasteiger partial charge < -0.3 is 4.74 Å². The van der Waals surface area contributed by atoms with Crippen molar-refractivity contribution in [3.8, 4) is 0 Å². The summed E-state index contributed by atoms with van der Waals surface area (Å²) in [5.74, 6) is -0.250. The number of rotatable bonds is 5. The van der Waals surface area contributed by atoms with Crippen LogP contribution < -0.4 is 0 Å². The maximum Gasteiger partial charge on any atom is 0.305 e. The molecule has 6 heteroatoms. The summed E-state index contributed by atoms with van der Waals surface area (Å²) in [6, 6.07) is 0. The highest BCUT2D eigenvalue weighted by atomic mass is 32.2. The van der Waals surface area contributed by atoms with E-state index in [4.69, 9.17) is 0 Å². The molecular formula is C9H16O5S. The average molecular weight is 236 g/mol. The van der Waals surface area contributed by atoms with Crippen molar-refractivity contribution in [1.29, 1.82) is 0 Å². The third-order valence-corrected chi connectivity index (χ3v) is 4.26. The number of ether oxygens (including phenoxy) is 1. The van der Waals surface area contributed by atoms with E-state index in [1.807, 2.05) is 0 Å². The number of esters is 1. The molecule has 1 heterocycles. The lowest BCUT2D eigenvalue weighted by Gasteiger charge is -2.06. The van der Waals surface area contributed by atoms with Gasteiger partial charge in [0.1, 0.15) is 0 Å². The van der Waals surface area contributed by atoms with Crippen LogP contribution in [0.15, 0.2) is 0 Å². The third-order valence-electron chi connectivity index (χ3n) is 2.48. The summed E-state index contributed by atoms with van der Waals surface area (Å²) in [4.78, 5) is 10.8. The van der Waals surface area contributed by atoms with E-state index in [0.29, 0.717) is 38.7 Å². The predicted octanol–water partition coefficient (Wildman–Crippen LogP) is 0.838. The van der Waals surface area contributed by atoms with Gasteiger partial charge in [-0.15, -0.1) is 0 Å². The molecule has 0 aliphatic carbocycles. The van der Waals surface area contributed by atoms with Crippen LogP contribution in [0.2, 0.25) is 0 Å². The molecule has 0 aromatic heterocycles. The number of carbonyl (C=O) groups is 1. The minimum absolute atomic E-state index is 0.250. The first kappa shape index (κ1) is 12.4. The minimum Gasteiger partial charge on any atom is -0.469 e. The van der Waals surface area contributed by atoms with Crippen LogP contribution in [0.3, 0.4) is 0 Å². The molecule has 1 unspecified atom stereocenters. The molecule has 1 fully saturated rings. The highest BCUT2D eigenvalue weighted by Crippen LogP contribution is 2.22. The van der Waals surface area contributed by atoms with Gasteiger partial charge in [-0.25, -0.2) is 0 Å². The second kappa shape index (κ2) is 5.46. The first-order valence-electron chi connectivity index (χ1n) is 5.01. The summed E-state index contributed by atoms with van der Waals surface area (Å²) in [5, 5.41) is -0.379. The number of unbranched alkanes of at least 4 members (excludes halogenated alkanes) is 1. The van der Waals surface area contributed by atoms with E-state index in [9.17, 15) is 13.2 Å². The summed E-state index contributed by atoms with van der Waals surface area (Å²) in [6.45, 7) is 0.296. The molecule has 5 nitrogen and oxygen atoms in total. The van der Waals surface area contributed by atoms with Gasteiger partial charge in [0.05, 0.1) is 19.0 Å². The Morgan fingerprint density at radius 2 is 2.20 bits per heavy atom. The van der Waals surface area contributed by atoms with Gasteiger partial charge in [0.25, 0.3) is 10.1 Å². The van der Waals surface area contributed by atoms with Crippen LogP contribution in [-0.4, -0.2) is 33.4 Å². The number of methoxy groups -OCH3 is 1. The molecule has 0 aromatic rings. The highest BCUT2D eigenvalue weighted by molar-refractivity contribution is 7.87. The standard InChI is InChI=1S/C9H16O5S/c1-13-9(10)5-3-2-4-8-6-7-14-15(8,11)12/h8H,2-7H2,1H3. The molecule has 1 aliphatic heterocycles. The fourth-order valence-electron chi connectivity index (χ4n) is 1.57. The van der Waals surface area contributed by atoms with Crippen molar-refractivity contribution in [2.24, 2.45) is 0 Å². The van der Waals surface area contributed by atoms with Gasteiger partial charge in [-0.1, -0.05) is 6.42 Å². The van der Waals surface area contributed by atoms with E-state index in [0.717, 1.165) is 0 Å². The zero-order valence-corrected chi connectivity index (χ0v) is 9.59. The quantitative estimate of drug-likeness (QED) is 0.402. The Morgan fingerprint density at radius 3 is 2.73 bits per heavy atom. The molecule has 0 saturated carbocycles. The van der Waals surface area contributed by atoms with Crippen molar-refractivity contribution in [2.45, 2.75) is 37.4 Å². The molecule has 88 valence electrons. The molecule has 0 bridgehead atoms. The molecule has 0 aromatic carbocycles. The van der Waals surface area contributed by atoms with Crippen molar-refractivity contribution in [1.82, 2.24) is 0 Å². The molecule has 0 radical (unpaired) electrons. The van der Waals surface area contributed by atoms with Crippen molar-refractivity contribution >= 4 is 16.1 Å². The number of hydrogen-bond acceptors (Lipinski definition) is 5. The molecule has 0 N–H and O–H groups in total. The molecule has 1 rings (SSSR count). The summed E-state index contributed by atoms with van der Waals surface area (Å²) in [7, 11) is -1.96. The molecule has 1 atom stereocenters. The van der Waals surface area contributed by atoms with Crippen molar-refractivity contribution in [3.63, 3.8) is 0 Å². The lowest BCUT2D eigenvalue weighted by molar-refractivity contribution is -0.140. The fourth-order valence-corrected chi connectivity index (χ4v) is 2.93.